The first-order valence-corrected chi connectivity index (χ1v) is 7.02. The molecule has 0 saturated carbocycles. The Labute approximate surface area is 116 Å². The second-order valence-corrected chi connectivity index (χ2v) is 5.67. The molecule has 3 N–H and O–H groups in total. The molecule has 0 saturated heterocycles. The monoisotopic (exact) mass is 281 g/mol. The Morgan fingerprint density at radius 1 is 1.50 bits per heavy atom. The van der Waals surface area contributed by atoms with Crippen LogP contribution in [-0.4, -0.2) is 11.5 Å². The minimum absolute atomic E-state index is 0.376. The highest BCUT2D eigenvalue weighted by molar-refractivity contribution is 7.09. The van der Waals surface area contributed by atoms with Crippen LogP contribution in [0, 0.1) is 6.92 Å². The van der Waals surface area contributed by atoms with Crippen LogP contribution in [-0.2, 0) is 0 Å². The predicted molar refractivity (Wildman–Crippen MR) is 79.6 cm³/mol. The smallest absolute Gasteiger partial charge is 0.0970 e. The molecule has 1 atom stereocenters. The minimum atomic E-state index is 0.376. The molecule has 5 heteroatoms. The summed E-state index contributed by atoms with van der Waals surface area (Å²) in [7, 11) is 0. The number of nitrogen functional groups attached to an aromatic ring is 1. The number of nitrogens with one attached hydrogen (secondary N) is 1. The third kappa shape index (κ3) is 2.94. The lowest BCUT2D eigenvalue weighted by atomic mass is 10.1. The van der Waals surface area contributed by atoms with Gasteiger partial charge in [-0.25, -0.2) is 4.98 Å². The Hall–Kier alpha value is -1.26. The van der Waals surface area contributed by atoms with Gasteiger partial charge in [0.05, 0.1) is 15.7 Å². The van der Waals surface area contributed by atoms with E-state index in [1.54, 1.807) is 11.3 Å². The zero-order valence-corrected chi connectivity index (χ0v) is 12.0. The van der Waals surface area contributed by atoms with Gasteiger partial charge in [-0.1, -0.05) is 18.5 Å². The largest absolute Gasteiger partial charge is 0.398 e. The van der Waals surface area contributed by atoms with E-state index in [2.05, 4.69) is 17.2 Å². The molecule has 0 aliphatic rings. The first kappa shape index (κ1) is 13.2. The lowest BCUT2D eigenvalue weighted by Crippen LogP contribution is -2.10. The third-order valence-corrected chi connectivity index (χ3v) is 4.15. The molecule has 18 heavy (non-hydrogen) atoms. The highest BCUT2D eigenvalue weighted by atomic mass is 35.5. The summed E-state index contributed by atoms with van der Waals surface area (Å²) >= 11 is 7.70. The van der Waals surface area contributed by atoms with Crippen LogP contribution in [0.15, 0.2) is 23.7 Å². The standard InChI is InChI=1S/C13H16ClN3S/c1-8-5-11(15)10(14)6-12(8)17-7-9(2)13-16-3-4-18-13/h3-6,9,17H,7,15H2,1-2H3. The lowest BCUT2D eigenvalue weighted by Gasteiger charge is -2.14. The molecule has 1 aromatic carbocycles. The van der Waals surface area contributed by atoms with Crippen LogP contribution in [0.4, 0.5) is 11.4 Å². The van der Waals surface area contributed by atoms with Crippen molar-refractivity contribution in [3.63, 3.8) is 0 Å². The van der Waals surface area contributed by atoms with Crippen molar-refractivity contribution in [2.24, 2.45) is 0 Å². The van der Waals surface area contributed by atoms with Crippen LogP contribution < -0.4 is 11.1 Å². The molecular formula is C13H16ClN3S. The summed E-state index contributed by atoms with van der Waals surface area (Å²) in [6.07, 6.45) is 1.84. The molecule has 3 nitrogen and oxygen atoms in total. The van der Waals surface area contributed by atoms with Gasteiger partial charge in [0.25, 0.3) is 0 Å². The number of hydrogen-bond acceptors (Lipinski definition) is 4. The molecule has 1 aromatic heterocycles. The molecule has 0 spiro atoms. The third-order valence-electron chi connectivity index (χ3n) is 2.82. The van der Waals surface area contributed by atoms with Crippen LogP contribution in [0.2, 0.25) is 5.02 Å². The maximum Gasteiger partial charge on any atom is 0.0970 e. The number of nitrogens with zero attached hydrogens (tertiary/aromatic N) is 1. The molecular weight excluding hydrogens is 266 g/mol. The van der Waals surface area contributed by atoms with Crippen molar-refractivity contribution in [3.05, 3.63) is 39.3 Å². The average Bonchev–Trinajstić information content (AvgIpc) is 2.85. The van der Waals surface area contributed by atoms with Gasteiger partial charge in [0.1, 0.15) is 0 Å². The van der Waals surface area contributed by atoms with Crippen molar-refractivity contribution in [1.29, 1.82) is 0 Å². The van der Waals surface area contributed by atoms with Gasteiger partial charge in [-0.2, -0.15) is 0 Å². The van der Waals surface area contributed by atoms with Gasteiger partial charge in [-0.3, -0.25) is 0 Å². The Morgan fingerprint density at radius 2 is 2.28 bits per heavy atom. The van der Waals surface area contributed by atoms with E-state index in [0.29, 0.717) is 16.6 Å². The lowest BCUT2D eigenvalue weighted by molar-refractivity contribution is 0.794. The number of benzene rings is 1. The Bertz CT molecular complexity index is 525. The summed E-state index contributed by atoms with van der Waals surface area (Å²) < 4.78 is 0. The summed E-state index contributed by atoms with van der Waals surface area (Å²) in [5.74, 6) is 0.376. The summed E-state index contributed by atoms with van der Waals surface area (Å²) in [5, 5.41) is 7.12. The predicted octanol–water partition coefficient (Wildman–Crippen LogP) is 3.90. The van der Waals surface area contributed by atoms with Crippen LogP contribution >= 0.6 is 22.9 Å². The number of aryl methyl sites for hydroxylation is 1. The highest BCUT2D eigenvalue weighted by Gasteiger charge is 2.09. The van der Waals surface area contributed by atoms with Gasteiger partial charge in [-0.05, 0) is 24.6 Å². The van der Waals surface area contributed by atoms with Crippen molar-refractivity contribution >= 4 is 34.3 Å². The summed E-state index contributed by atoms with van der Waals surface area (Å²) in [6.45, 7) is 5.00. The first-order valence-electron chi connectivity index (χ1n) is 5.77. The molecule has 0 aliphatic heterocycles. The van der Waals surface area contributed by atoms with Gasteiger partial charge in [0, 0.05) is 29.7 Å². The number of aromatic nitrogens is 1. The Balaban J connectivity index is 2.04. The SMILES string of the molecule is Cc1cc(N)c(Cl)cc1NCC(C)c1nccs1. The van der Waals surface area contributed by atoms with Gasteiger partial charge < -0.3 is 11.1 Å². The molecule has 0 aliphatic carbocycles. The van der Waals surface area contributed by atoms with Crippen LogP contribution in [0.5, 0.6) is 0 Å². The van der Waals surface area contributed by atoms with E-state index >= 15 is 0 Å². The van der Waals surface area contributed by atoms with E-state index in [0.717, 1.165) is 22.8 Å². The van der Waals surface area contributed by atoms with Crippen molar-refractivity contribution in [2.75, 3.05) is 17.6 Å². The Kier molecular flexibility index (Phi) is 4.09. The Morgan fingerprint density at radius 3 is 2.94 bits per heavy atom. The summed E-state index contributed by atoms with van der Waals surface area (Å²) in [6, 6.07) is 3.76. The summed E-state index contributed by atoms with van der Waals surface area (Å²) in [5.41, 5.74) is 8.50. The van der Waals surface area contributed by atoms with E-state index in [1.165, 1.54) is 0 Å². The molecule has 0 fully saturated rings. The number of nitrogens with two attached hydrogens (primary N) is 1. The van der Waals surface area contributed by atoms with E-state index in [9.17, 15) is 0 Å². The van der Waals surface area contributed by atoms with Gasteiger partial charge in [0.15, 0.2) is 0 Å². The average molecular weight is 282 g/mol. The maximum atomic E-state index is 6.03. The molecule has 2 rings (SSSR count). The molecule has 2 aromatic rings. The van der Waals surface area contributed by atoms with Crippen molar-refractivity contribution < 1.29 is 0 Å². The summed E-state index contributed by atoms with van der Waals surface area (Å²) in [4.78, 5) is 4.31. The fourth-order valence-corrected chi connectivity index (χ4v) is 2.58. The van der Waals surface area contributed by atoms with Crippen LogP contribution in [0.1, 0.15) is 23.4 Å². The van der Waals surface area contributed by atoms with Crippen molar-refractivity contribution in [2.45, 2.75) is 19.8 Å². The van der Waals surface area contributed by atoms with E-state index in [1.807, 2.05) is 30.6 Å². The van der Waals surface area contributed by atoms with Crippen molar-refractivity contribution in [1.82, 2.24) is 4.98 Å². The fraction of sp³-hybridized carbons (Fsp3) is 0.308. The molecule has 0 bridgehead atoms. The van der Waals surface area contributed by atoms with E-state index in [4.69, 9.17) is 17.3 Å². The topological polar surface area (TPSA) is 50.9 Å². The number of anilines is 2. The van der Waals surface area contributed by atoms with E-state index in [-0.39, 0.29) is 0 Å². The zero-order chi connectivity index (χ0) is 13.1. The second-order valence-electron chi connectivity index (χ2n) is 4.34. The number of thiazole rings is 1. The van der Waals surface area contributed by atoms with Crippen molar-refractivity contribution in [3.8, 4) is 0 Å². The van der Waals surface area contributed by atoms with Gasteiger partial charge >= 0.3 is 0 Å². The second kappa shape index (κ2) is 5.59. The van der Waals surface area contributed by atoms with Crippen LogP contribution in [0.3, 0.4) is 0 Å². The first-order chi connectivity index (χ1) is 8.58. The van der Waals surface area contributed by atoms with E-state index < -0.39 is 0 Å². The van der Waals surface area contributed by atoms with Gasteiger partial charge in [-0.15, -0.1) is 11.3 Å². The molecule has 1 unspecified atom stereocenters. The number of halogens is 1. The quantitative estimate of drug-likeness (QED) is 0.836. The fourth-order valence-electron chi connectivity index (χ4n) is 1.72. The van der Waals surface area contributed by atoms with Crippen LogP contribution in [0.25, 0.3) is 0 Å². The molecule has 96 valence electrons. The number of hydrogen-bond donors (Lipinski definition) is 2. The number of rotatable bonds is 4. The molecule has 0 amide bonds. The van der Waals surface area contributed by atoms with Gasteiger partial charge in [0.2, 0.25) is 0 Å². The molecule has 1 heterocycles. The zero-order valence-electron chi connectivity index (χ0n) is 10.4. The minimum Gasteiger partial charge on any atom is -0.398 e. The normalized spacial score (nSPS) is 12.4. The molecule has 0 radical (unpaired) electrons. The highest BCUT2D eigenvalue weighted by Crippen LogP contribution is 2.27. The maximum absolute atomic E-state index is 6.03.